The van der Waals surface area contributed by atoms with E-state index >= 15 is 0 Å². The van der Waals surface area contributed by atoms with Gasteiger partial charge >= 0.3 is 12.1 Å². The SMILES string of the molecule is C=CCOC1(C)CCN(c2c([C@H](OC(C)(C)C)C(=O)OC)c(C)cc3nc(NC(=O)OCC[Si](C)(C)C)cn23)CC1. The molecule has 3 heterocycles. The number of aromatic nitrogens is 2. The summed E-state index contributed by atoms with van der Waals surface area (Å²) in [6.07, 6.45) is 3.59. The second-order valence-corrected chi connectivity index (χ2v) is 18.8. The van der Waals surface area contributed by atoms with Gasteiger partial charge in [-0.1, -0.05) is 25.7 Å². The number of esters is 1. The quantitative estimate of drug-likeness (QED) is 0.190. The molecule has 0 radical (unpaired) electrons. The Bertz CT molecular complexity index is 1240. The van der Waals surface area contributed by atoms with Crippen LogP contribution in [0.3, 0.4) is 0 Å². The zero-order chi connectivity index (χ0) is 30.6. The van der Waals surface area contributed by atoms with E-state index in [-0.39, 0.29) is 5.60 Å². The van der Waals surface area contributed by atoms with Crippen molar-refractivity contribution in [2.24, 2.45) is 0 Å². The number of piperidine rings is 1. The number of rotatable bonds is 11. The topological polar surface area (TPSA) is 104 Å². The van der Waals surface area contributed by atoms with E-state index in [9.17, 15) is 9.59 Å². The van der Waals surface area contributed by atoms with Gasteiger partial charge in [0.1, 0.15) is 11.5 Å². The zero-order valence-corrected chi connectivity index (χ0v) is 27.3. The lowest BCUT2D eigenvalue weighted by Gasteiger charge is -2.41. The lowest BCUT2D eigenvalue weighted by Crippen LogP contribution is -2.45. The summed E-state index contributed by atoms with van der Waals surface area (Å²) >= 11 is 0. The van der Waals surface area contributed by atoms with Gasteiger partial charge in [-0.05, 0) is 65.1 Å². The summed E-state index contributed by atoms with van der Waals surface area (Å²) in [5, 5.41) is 2.78. The monoisotopic (exact) mass is 588 g/mol. The van der Waals surface area contributed by atoms with E-state index in [0.717, 1.165) is 30.3 Å². The van der Waals surface area contributed by atoms with Crippen LogP contribution in [0.15, 0.2) is 24.9 Å². The smallest absolute Gasteiger partial charge is 0.412 e. The molecule has 0 bridgehead atoms. The molecular weight excluding hydrogens is 540 g/mol. The number of amides is 1. The zero-order valence-electron chi connectivity index (χ0n) is 26.3. The molecule has 11 heteroatoms. The summed E-state index contributed by atoms with van der Waals surface area (Å²) in [5.41, 5.74) is 1.28. The Morgan fingerprint density at radius 1 is 1.24 bits per heavy atom. The third-order valence-electron chi connectivity index (χ3n) is 7.11. The summed E-state index contributed by atoms with van der Waals surface area (Å²) in [6.45, 7) is 22.5. The van der Waals surface area contributed by atoms with Crippen molar-refractivity contribution in [1.82, 2.24) is 9.38 Å². The van der Waals surface area contributed by atoms with Crippen LogP contribution < -0.4 is 10.2 Å². The van der Waals surface area contributed by atoms with Gasteiger partial charge < -0.3 is 23.8 Å². The molecule has 41 heavy (non-hydrogen) atoms. The van der Waals surface area contributed by atoms with Gasteiger partial charge in [-0.2, -0.15) is 0 Å². The molecule has 0 spiro atoms. The van der Waals surface area contributed by atoms with E-state index in [1.165, 1.54) is 7.11 Å². The summed E-state index contributed by atoms with van der Waals surface area (Å²) < 4.78 is 25.0. The number of nitrogens with one attached hydrogen (secondary N) is 1. The Labute approximate surface area is 245 Å². The fourth-order valence-corrected chi connectivity index (χ4v) is 5.54. The molecule has 228 valence electrons. The third-order valence-corrected chi connectivity index (χ3v) is 8.81. The Morgan fingerprint density at radius 3 is 2.46 bits per heavy atom. The average Bonchev–Trinajstić information content (AvgIpc) is 3.25. The van der Waals surface area contributed by atoms with Gasteiger partial charge in [-0.25, -0.2) is 14.6 Å². The average molecular weight is 589 g/mol. The first-order valence-electron chi connectivity index (χ1n) is 14.3. The molecule has 1 aliphatic heterocycles. The first kappa shape index (κ1) is 32.6. The Morgan fingerprint density at radius 2 is 1.90 bits per heavy atom. The number of hydrogen-bond acceptors (Lipinski definition) is 8. The number of carbonyl (C=O) groups excluding carboxylic acids is 2. The van der Waals surface area contributed by atoms with Gasteiger partial charge in [0.05, 0.1) is 37.7 Å². The van der Waals surface area contributed by atoms with E-state index in [2.05, 4.69) is 48.3 Å². The predicted octanol–water partition coefficient (Wildman–Crippen LogP) is 6.12. The van der Waals surface area contributed by atoms with Crippen molar-refractivity contribution in [1.29, 1.82) is 0 Å². The molecule has 1 fully saturated rings. The molecule has 3 rings (SSSR count). The summed E-state index contributed by atoms with van der Waals surface area (Å²) in [5.74, 6) is 0.658. The van der Waals surface area contributed by atoms with Crippen molar-refractivity contribution in [3.05, 3.63) is 36.0 Å². The lowest BCUT2D eigenvalue weighted by molar-refractivity contribution is -0.164. The predicted molar refractivity (Wildman–Crippen MR) is 165 cm³/mol. The van der Waals surface area contributed by atoms with Crippen LogP contribution in [0.2, 0.25) is 25.7 Å². The van der Waals surface area contributed by atoms with E-state index in [0.29, 0.717) is 43.3 Å². The molecule has 1 saturated heterocycles. The number of fused-ring (bicyclic) bond motifs is 1. The first-order chi connectivity index (χ1) is 19.1. The van der Waals surface area contributed by atoms with Crippen molar-refractivity contribution >= 4 is 37.4 Å². The lowest BCUT2D eigenvalue weighted by atomic mass is 9.92. The van der Waals surface area contributed by atoms with Gasteiger partial charge in [0.2, 0.25) is 0 Å². The van der Waals surface area contributed by atoms with Crippen molar-refractivity contribution in [3.63, 3.8) is 0 Å². The van der Waals surface area contributed by atoms with Gasteiger partial charge in [-0.15, -0.1) is 6.58 Å². The van der Waals surface area contributed by atoms with Crippen LogP contribution in [-0.4, -0.2) is 74.1 Å². The molecule has 0 saturated carbocycles. The number of anilines is 2. The summed E-state index contributed by atoms with van der Waals surface area (Å²) in [6, 6.07) is 2.77. The highest BCUT2D eigenvalue weighted by atomic mass is 28.3. The molecule has 1 amide bonds. The molecular formula is C30H48N4O6Si. The maximum atomic E-state index is 13.2. The number of imidazole rings is 1. The van der Waals surface area contributed by atoms with E-state index in [4.69, 9.17) is 18.9 Å². The minimum absolute atomic E-state index is 0.279. The van der Waals surface area contributed by atoms with E-state index in [1.807, 2.05) is 38.2 Å². The minimum Gasteiger partial charge on any atom is -0.467 e. The number of nitrogens with zero attached hydrogens (tertiary/aromatic N) is 3. The molecule has 0 aromatic carbocycles. The van der Waals surface area contributed by atoms with E-state index in [1.54, 1.807) is 12.3 Å². The highest BCUT2D eigenvalue weighted by Gasteiger charge is 2.37. The summed E-state index contributed by atoms with van der Waals surface area (Å²) in [4.78, 5) is 32.6. The number of carbonyl (C=O) groups is 2. The molecule has 0 aliphatic carbocycles. The number of aryl methyl sites for hydroxylation is 1. The fraction of sp³-hybridized carbons (Fsp3) is 0.633. The van der Waals surface area contributed by atoms with Crippen LogP contribution in [0, 0.1) is 6.92 Å². The maximum Gasteiger partial charge on any atom is 0.412 e. The van der Waals surface area contributed by atoms with Crippen molar-refractivity contribution in [2.45, 2.75) is 90.5 Å². The first-order valence-corrected chi connectivity index (χ1v) is 18.0. The number of pyridine rings is 1. The highest BCUT2D eigenvalue weighted by molar-refractivity contribution is 6.76. The summed E-state index contributed by atoms with van der Waals surface area (Å²) in [7, 11) is 0.0321. The van der Waals surface area contributed by atoms with E-state index < -0.39 is 31.8 Å². The maximum absolute atomic E-state index is 13.2. The number of methoxy groups -OCH3 is 1. The molecule has 0 unspecified atom stereocenters. The Kier molecular flexibility index (Phi) is 10.3. The standard InChI is InChI=1S/C30H48N4O6Si/c1-11-16-39-30(6)12-14-33(15-13-30)26-24(25(27(35)37-7)40-29(3,4)5)21(2)19-23-31-22(20-34(23)26)32-28(36)38-17-18-41(8,9)10/h11,19-20,25H,1,12-18H2,2-10H3,(H,32,36)/t25-/m0/s1. The van der Waals surface area contributed by atoms with Crippen molar-refractivity contribution < 1.29 is 28.5 Å². The molecule has 2 aromatic rings. The van der Waals surface area contributed by atoms with Gasteiger partial charge in [0.25, 0.3) is 0 Å². The Hall–Kier alpha value is -2.89. The highest BCUT2D eigenvalue weighted by Crippen LogP contribution is 2.39. The Balaban J connectivity index is 2.05. The van der Waals surface area contributed by atoms with Crippen molar-refractivity contribution in [2.75, 3.05) is 43.6 Å². The van der Waals surface area contributed by atoms with Crippen LogP contribution in [-0.2, 0) is 23.7 Å². The van der Waals surface area contributed by atoms with Crippen LogP contribution in [0.1, 0.15) is 57.8 Å². The number of ether oxygens (including phenoxy) is 4. The molecule has 2 aromatic heterocycles. The normalized spacial score (nSPS) is 16.4. The van der Waals surface area contributed by atoms with Gasteiger partial charge in [0, 0.05) is 26.7 Å². The second-order valence-electron chi connectivity index (χ2n) is 13.2. The van der Waals surface area contributed by atoms with Crippen LogP contribution in [0.4, 0.5) is 16.4 Å². The van der Waals surface area contributed by atoms with Gasteiger partial charge in [0.15, 0.2) is 11.9 Å². The van der Waals surface area contributed by atoms with Crippen LogP contribution >= 0.6 is 0 Å². The third kappa shape index (κ3) is 8.80. The second kappa shape index (κ2) is 13.0. The largest absolute Gasteiger partial charge is 0.467 e. The van der Waals surface area contributed by atoms with Crippen LogP contribution in [0.5, 0.6) is 0 Å². The molecule has 10 nitrogen and oxygen atoms in total. The van der Waals surface area contributed by atoms with Gasteiger partial charge in [-0.3, -0.25) is 9.72 Å². The number of hydrogen-bond donors (Lipinski definition) is 1. The van der Waals surface area contributed by atoms with Crippen LogP contribution in [0.25, 0.3) is 5.65 Å². The molecule has 1 aliphatic rings. The van der Waals surface area contributed by atoms with Crippen molar-refractivity contribution in [3.8, 4) is 0 Å². The molecule has 1 N–H and O–H groups in total. The minimum atomic E-state index is -1.33. The molecule has 1 atom stereocenters. The fourth-order valence-electron chi connectivity index (χ4n) is 4.82.